The van der Waals surface area contributed by atoms with Crippen LogP contribution in [0.15, 0.2) is 71.4 Å². The van der Waals surface area contributed by atoms with Crippen LogP contribution in [0.2, 0.25) is 0 Å². The van der Waals surface area contributed by atoms with Crippen LogP contribution < -0.4 is 43.4 Å². The maximum atomic E-state index is 14.3. The number of aliphatic imine (C=N–C) groups is 1. The molecule has 392 valence electrons. The number of carboxylic acids is 2. The van der Waals surface area contributed by atoms with Crippen molar-refractivity contribution < 1.29 is 58.1 Å². The smallest absolute Gasteiger partial charge is 0.327 e. The molecule has 1 aliphatic rings. The Balaban J connectivity index is 2.69. The predicted octanol–water partition coefficient (Wildman–Crippen LogP) is 0.618. The second-order valence-electron chi connectivity index (χ2n) is 18.3. The lowest BCUT2D eigenvalue weighted by Crippen LogP contribution is -2.59. The Morgan fingerprint density at radius 2 is 1.45 bits per heavy atom. The van der Waals surface area contributed by atoms with Crippen LogP contribution in [0.5, 0.6) is 0 Å². The molecule has 1 aromatic rings. The number of aliphatic carboxylic acids is 2. The second-order valence-corrected chi connectivity index (χ2v) is 18.3. The van der Waals surface area contributed by atoms with Crippen molar-refractivity contribution in [3.8, 4) is 0 Å². The molecule has 1 aliphatic heterocycles. The molecule has 71 heavy (non-hydrogen) atoms. The van der Waals surface area contributed by atoms with E-state index >= 15 is 0 Å². The van der Waals surface area contributed by atoms with Crippen LogP contribution in [0.4, 0.5) is 0 Å². The van der Waals surface area contributed by atoms with E-state index in [4.69, 9.17) is 16.2 Å². The fraction of sp³-hybridized carbons (Fsp3) is 0.551. The summed E-state index contributed by atoms with van der Waals surface area (Å²) in [5.41, 5.74) is 12.2. The van der Waals surface area contributed by atoms with Crippen molar-refractivity contribution in [2.75, 3.05) is 20.7 Å². The van der Waals surface area contributed by atoms with E-state index in [1.165, 1.54) is 27.8 Å². The summed E-state index contributed by atoms with van der Waals surface area (Å²) in [6.45, 7) is 15.0. The number of guanidine groups is 1. The van der Waals surface area contributed by atoms with Crippen LogP contribution in [-0.2, 0) is 54.3 Å². The van der Waals surface area contributed by atoms with Gasteiger partial charge >= 0.3 is 11.9 Å². The highest BCUT2D eigenvalue weighted by molar-refractivity contribution is 6.00. The number of likely N-dealkylation sites (N-methyl/N-ethyl adjacent to an activating group) is 1. The van der Waals surface area contributed by atoms with Gasteiger partial charge in [0.1, 0.15) is 35.9 Å². The SMILES string of the molecule is C=C1C(=O)NC(C)C(=O)NC(CCCN=C(N)N)C(=O)NC(C(=O)O)C(C)C(=O)NC(CC(C)C)C(=O)NC(C=CC(C)=CC(C)C(Cc2ccccc2)OC)C(C)C(=O)NC(C(=O)O)CCC(=O)N1C. The molecule has 0 aromatic heterocycles. The number of benzene rings is 1. The summed E-state index contributed by atoms with van der Waals surface area (Å²) in [4.78, 5) is 126. The van der Waals surface area contributed by atoms with Crippen molar-refractivity contribution in [3.63, 3.8) is 0 Å². The lowest BCUT2D eigenvalue weighted by atomic mass is 9.94. The van der Waals surface area contributed by atoms with Gasteiger partial charge in [0, 0.05) is 33.0 Å². The highest BCUT2D eigenvalue weighted by Gasteiger charge is 2.37. The number of amides is 7. The molecule has 1 aromatic carbocycles. The van der Waals surface area contributed by atoms with E-state index in [0.29, 0.717) is 6.42 Å². The lowest BCUT2D eigenvalue weighted by Gasteiger charge is -2.29. The monoisotopic (exact) mass is 995 g/mol. The molecule has 10 atom stereocenters. The first-order valence-electron chi connectivity index (χ1n) is 23.5. The molecule has 1 heterocycles. The summed E-state index contributed by atoms with van der Waals surface area (Å²) in [7, 11) is 2.82. The van der Waals surface area contributed by atoms with Crippen LogP contribution in [0, 0.1) is 23.7 Å². The van der Waals surface area contributed by atoms with Gasteiger partial charge in [-0.05, 0) is 57.4 Å². The number of allylic oxidation sites excluding steroid dienone is 2. The van der Waals surface area contributed by atoms with Gasteiger partial charge in [-0.1, -0.05) is 95.3 Å². The molecule has 2 rings (SSSR count). The zero-order valence-electron chi connectivity index (χ0n) is 42.2. The van der Waals surface area contributed by atoms with Crippen LogP contribution in [0.3, 0.4) is 0 Å². The number of carbonyl (C=O) groups is 9. The van der Waals surface area contributed by atoms with E-state index in [1.807, 2.05) is 50.3 Å². The lowest BCUT2D eigenvalue weighted by molar-refractivity contribution is -0.146. The number of carboxylic acid groups (broad SMARTS) is 2. The minimum atomic E-state index is -1.89. The molecule has 22 nitrogen and oxygen atoms in total. The van der Waals surface area contributed by atoms with E-state index in [1.54, 1.807) is 33.1 Å². The fourth-order valence-electron chi connectivity index (χ4n) is 7.46. The predicted molar refractivity (Wildman–Crippen MR) is 264 cm³/mol. The van der Waals surface area contributed by atoms with Gasteiger partial charge in [-0.25, -0.2) is 9.59 Å². The third kappa shape index (κ3) is 20.0. The molecular weight excluding hydrogens is 921 g/mol. The quantitative estimate of drug-likeness (QED) is 0.0379. The average molecular weight is 995 g/mol. The van der Waals surface area contributed by atoms with Crippen molar-refractivity contribution in [1.82, 2.24) is 36.8 Å². The zero-order chi connectivity index (χ0) is 53.7. The van der Waals surface area contributed by atoms with Gasteiger partial charge in [0.25, 0.3) is 5.91 Å². The minimum Gasteiger partial charge on any atom is -0.480 e. The van der Waals surface area contributed by atoms with Crippen LogP contribution >= 0.6 is 0 Å². The Kier molecular flexibility index (Phi) is 24.7. The normalized spacial score (nSPS) is 25.3. The van der Waals surface area contributed by atoms with Gasteiger partial charge in [-0.3, -0.25) is 38.6 Å². The first-order valence-corrected chi connectivity index (χ1v) is 23.5. The summed E-state index contributed by atoms with van der Waals surface area (Å²) >= 11 is 0. The summed E-state index contributed by atoms with van der Waals surface area (Å²) < 4.78 is 5.81. The molecule has 12 N–H and O–H groups in total. The number of hydrogen-bond donors (Lipinski definition) is 10. The number of methoxy groups -OCH3 is 1. The maximum Gasteiger partial charge on any atom is 0.327 e. The molecule has 1 saturated heterocycles. The third-order valence-electron chi connectivity index (χ3n) is 12.0. The Bertz CT molecular complexity index is 2160. The van der Waals surface area contributed by atoms with Crippen LogP contribution in [0.25, 0.3) is 0 Å². The van der Waals surface area contributed by atoms with Crippen molar-refractivity contribution >= 4 is 59.2 Å². The second kappa shape index (κ2) is 29.2. The number of nitrogens with zero attached hydrogens (tertiary/aromatic N) is 2. The minimum absolute atomic E-state index is 0.0152. The fourth-order valence-corrected chi connectivity index (χ4v) is 7.46. The van der Waals surface area contributed by atoms with Crippen LogP contribution in [-0.4, -0.2) is 137 Å². The first kappa shape index (κ1) is 60.0. The molecule has 10 unspecified atom stereocenters. The highest BCUT2D eigenvalue weighted by Crippen LogP contribution is 2.19. The molecular formula is C49H74N10O12. The number of nitrogens with two attached hydrogens (primary N) is 2. The van der Waals surface area contributed by atoms with E-state index in [9.17, 15) is 53.4 Å². The molecule has 22 heteroatoms. The number of rotatable bonds is 15. The Morgan fingerprint density at radius 3 is 2.03 bits per heavy atom. The highest BCUT2D eigenvalue weighted by atomic mass is 16.5. The average Bonchev–Trinajstić information content (AvgIpc) is 3.31. The maximum absolute atomic E-state index is 14.3. The van der Waals surface area contributed by atoms with Crippen molar-refractivity contribution in [2.45, 2.75) is 129 Å². The summed E-state index contributed by atoms with van der Waals surface area (Å²) in [6, 6.07) is 1.03. The van der Waals surface area contributed by atoms with Crippen LogP contribution in [0.1, 0.15) is 86.1 Å². The summed E-state index contributed by atoms with van der Waals surface area (Å²) in [5, 5.41) is 35.5. The van der Waals surface area contributed by atoms with Gasteiger partial charge in [0.2, 0.25) is 35.4 Å². The number of ether oxygens (including phenoxy) is 1. The standard InChI is InChI=1S/C49H74N10O12/c1-26(2)23-37-46(66)54-34(19-18-27(3)24-28(4)38(71-10)25-33-15-12-11-13-16-33)29(5)41(61)56-36(47(67)68)20-21-39(60)59(9)32(8)44(64)53-31(7)43(63)55-35(17-14-22-52-49(50)51)45(65)58-40(48(69)70)30(6)42(62)57-37/h11-13,15-16,18-19,24,26,28-31,34-38,40H,8,14,17,20-23,25H2,1-7,9-10H3,(H,53,64)(H,54,66)(H,55,63)(H,56,61)(H,57,62)(H,58,65)(H,67,68)(H,69,70)(H4,50,51,52). The van der Waals surface area contributed by atoms with E-state index in [2.05, 4.69) is 43.5 Å². The summed E-state index contributed by atoms with van der Waals surface area (Å²) in [5.74, 6) is -12.5. The van der Waals surface area contributed by atoms with Crippen molar-refractivity contribution in [3.05, 3.63) is 72.0 Å². The molecule has 0 radical (unpaired) electrons. The molecule has 0 spiro atoms. The Morgan fingerprint density at radius 1 is 0.845 bits per heavy atom. The van der Waals surface area contributed by atoms with E-state index < -0.39 is 120 Å². The van der Waals surface area contributed by atoms with Gasteiger partial charge in [-0.15, -0.1) is 0 Å². The molecule has 0 bridgehead atoms. The zero-order valence-corrected chi connectivity index (χ0v) is 42.2. The molecule has 7 amide bonds. The van der Waals surface area contributed by atoms with Crippen molar-refractivity contribution in [1.29, 1.82) is 0 Å². The van der Waals surface area contributed by atoms with Gasteiger partial charge in [0.05, 0.1) is 24.0 Å². The van der Waals surface area contributed by atoms with Crippen molar-refractivity contribution in [2.24, 2.45) is 40.1 Å². The number of carbonyl (C=O) groups excluding carboxylic acids is 7. The van der Waals surface area contributed by atoms with E-state index in [0.717, 1.165) is 16.0 Å². The van der Waals surface area contributed by atoms with Gasteiger partial charge in [0.15, 0.2) is 5.96 Å². The Labute approximate surface area is 415 Å². The van der Waals surface area contributed by atoms with E-state index in [-0.39, 0.29) is 49.7 Å². The molecule has 0 aliphatic carbocycles. The number of hydrogen-bond acceptors (Lipinski definition) is 11. The topological polar surface area (TPSA) is 343 Å². The number of nitrogens with one attached hydrogen (secondary N) is 6. The largest absolute Gasteiger partial charge is 0.480 e. The molecule has 1 fully saturated rings. The van der Waals surface area contributed by atoms with Gasteiger partial charge < -0.3 is 63.2 Å². The third-order valence-corrected chi connectivity index (χ3v) is 12.0. The molecule has 0 saturated carbocycles. The first-order chi connectivity index (χ1) is 33.3. The summed E-state index contributed by atoms with van der Waals surface area (Å²) in [6.07, 6.45) is 4.71. The van der Waals surface area contributed by atoms with Gasteiger partial charge in [-0.2, -0.15) is 0 Å². The Hall–Kier alpha value is -7.10.